The Morgan fingerprint density at radius 1 is 1.24 bits per heavy atom. The molecule has 2 aromatic rings. The van der Waals surface area contributed by atoms with Gasteiger partial charge < -0.3 is 10.3 Å². The second-order valence-electron chi connectivity index (χ2n) is 3.94. The molecular formula is C12H17N5. The van der Waals surface area contributed by atoms with Crippen molar-refractivity contribution in [2.45, 2.75) is 19.8 Å². The van der Waals surface area contributed by atoms with Crippen molar-refractivity contribution >= 4 is 0 Å². The van der Waals surface area contributed by atoms with Crippen molar-refractivity contribution in [2.75, 3.05) is 13.6 Å². The van der Waals surface area contributed by atoms with Crippen LogP contribution in [0.15, 0.2) is 18.6 Å². The Morgan fingerprint density at radius 3 is 2.82 bits per heavy atom. The molecule has 0 fully saturated rings. The Morgan fingerprint density at radius 2 is 2.06 bits per heavy atom. The molecule has 0 unspecified atom stereocenters. The summed E-state index contributed by atoms with van der Waals surface area (Å²) in [5, 5.41) is 3.12. The van der Waals surface area contributed by atoms with Crippen LogP contribution in [-0.2, 0) is 6.42 Å². The van der Waals surface area contributed by atoms with Crippen LogP contribution in [0.2, 0.25) is 0 Å². The summed E-state index contributed by atoms with van der Waals surface area (Å²) in [5.41, 5.74) is 2.73. The van der Waals surface area contributed by atoms with Gasteiger partial charge in [-0.05, 0) is 26.9 Å². The van der Waals surface area contributed by atoms with Crippen molar-refractivity contribution in [2.24, 2.45) is 0 Å². The van der Waals surface area contributed by atoms with Gasteiger partial charge >= 0.3 is 0 Å². The molecule has 17 heavy (non-hydrogen) atoms. The SMILES string of the molecule is CNCCCc1ncc(-c2nccnc2C)[nH]1. The van der Waals surface area contributed by atoms with Gasteiger partial charge in [-0.1, -0.05) is 0 Å². The van der Waals surface area contributed by atoms with Crippen molar-refractivity contribution < 1.29 is 0 Å². The van der Waals surface area contributed by atoms with Gasteiger partial charge in [-0.15, -0.1) is 0 Å². The molecule has 0 bridgehead atoms. The maximum absolute atomic E-state index is 4.35. The lowest BCUT2D eigenvalue weighted by atomic mass is 10.2. The highest BCUT2D eigenvalue weighted by molar-refractivity contribution is 5.55. The number of aromatic nitrogens is 4. The van der Waals surface area contributed by atoms with E-state index in [4.69, 9.17) is 0 Å². The van der Waals surface area contributed by atoms with Crippen LogP contribution in [0.5, 0.6) is 0 Å². The Labute approximate surface area is 101 Å². The molecule has 0 saturated carbocycles. The first kappa shape index (κ1) is 11.7. The fourth-order valence-corrected chi connectivity index (χ4v) is 1.71. The molecule has 90 valence electrons. The molecule has 0 aliphatic heterocycles. The van der Waals surface area contributed by atoms with Gasteiger partial charge in [0.1, 0.15) is 11.5 Å². The van der Waals surface area contributed by atoms with Crippen LogP contribution in [0.25, 0.3) is 11.4 Å². The van der Waals surface area contributed by atoms with Gasteiger partial charge in [0.2, 0.25) is 0 Å². The molecule has 2 N–H and O–H groups in total. The normalized spacial score (nSPS) is 10.7. The van der Waals surface area contributed by atoms with Gasteiger partial charge in [0.25, 0.3) is 0 Å². The van der Waals surface area contributed by atoms with E-state index in [0.29, 0.717) is 0 Å². The summed E-state index contributed by atoms with van der Waals surface area (Å²) in [6.45, 7) is 2.95. The van der Waals surface area contributed by atoms with Crippen LogP contribution in [0.3, 0.4) is 0 Å². The monoisotopic (exact) mass is 231 g/mol. The Hall–Kier alpha value is -1.75. The van der Waals surface area contributed by atoms with Gasteiger partial charge in [-0.2, -0.15) is 0 Å². The Kier molecular flexibility index (Phi) is 3.82. The molecule has 2 aromatic heterocycles. The van der Waals surface area contributed by atoms with Gasteiger partial charge in [-0.3, -0.25) is 9.97 Å². The highest BCUT2D eigenvalue weighted by atomic mass is 14.9. The first-order valence-corrected chi connectivity index (χ1v) is 5.77. The molecule has 0 aromatic carbocycles. The predicted octanol–water partition coefficient (Wildman–Crippen LogP) is 1.33. The smallest absolute Gasteiger partial charge is 0.109 e. The van der Waals surface area contributed by atoms with Crippen molar-refractivity contribution in [3.8, 4) is 11.4 Å². The summed E-state index contributed by atoms with van der Waals surface area (Å²) in [6.07, 6.45) is 7.24. The summed E-state index contributed by atoms with van der Waals surface area (Å²) in [5.74, 6) is 1.00. The van der Waals surface area contributed by atoms with Gasteiger partial charge in [-0.25, -0.2) is 4.98 Å². The summed E-state index contributed by atoms with van der Waals surface area (Å²) in [6, 6.07) is 0. The van der Waals surface area contributed by atoms with Gasteiger partial charge in [0.15, 0.2) is 0 Å². The minimum Gasteiger partial charge on any atom is -0.341 e. The second-order valence-corrected chi connectivity index (χ2v) is 3.94. The fourth-order valence-electron chi connectivity index (χ4n) is 1.71. The van der Waals surface area contributed by atoms with Crippen LogP contribution in [-0.4, -0.2) is 33.5 Å². The van der Waals surface area contributed by atoms with E-state index in [1.54, 1.807) is 12.4 Å². The van der Waals surface area contributed by atoms with Crippen LogP contribution in [0, 0.1) is 6.92 Å². The number of aryl methyl sites for hydroxylation is 2. The quantitative estimate of drug-likeness (QED) is 0.762. The Bertz CT molecular complexity index is 477. The largest absolute Gasteiger partial charge is 0.341 e. The lowest BCUT2D eigenvalue weighted by Gasteiger charge is -2.00. The molecule has 0 radical (unpaired) electrons. The van der Waals surface area contributed by atoms with Crippen LogP contribution >= 0.6 is 0 Å². The average molecular weight is 231 g/mol. The topological polar surface area (TPSA) is 66.5 Å². The van der Waals surface area contributed by atoms with Crippen LogP contribution in [0.4, 0.5) is 0 Å². The second kappa shape index (κ2) is 5.54. The number of H-pyrrole nitrogens is 1. The summed E-state index contributed by atoms with van der Waals surface area (Å²) in [7, 11) is 1.95. The molecule has 0 amide bonds. The van der Waals surface area contributed by atoms with E-state index in [-0.39, 0.29) is 0 Å². The zero-order valence-electron chi connectivity index (χ0n) is 10.2. The molecule has 2 heterocycles. The predicted molar refractivity (Wildman–Crippen MR) is 66.6 cm³/mol. The molecule has 2 rings (SSSR count). The van der Waals surface area contributed by atoms with Crippen LogP contribution in [0.1, 0.15) is 17.9 Å². The van der Waals surface area contributed by atoms with E-state index in [9.17, 15) is 0 Å². The van der Waals surface area contributed by atoms with Gasteiger partial charge in [0, 0.05) is 18.8 Å². The maximum Gasteiger partial charge on any atom is 0.109 e. The fraction of sp³-hybridized carbons (Fsp3) is 0.417. The third-order valence-corrected chi connectivity index (χ3v) is 2.61. The van der Waals surface area contributed by atoms with Crippen molar-refractivity contribution in [1.29, 1.82) is 0 Å². The maximum atomic E-state index is 4.35. The molecule has 0 spiro atoms. The Balaban J connectivity index is 2.10. The van der Waals surface area contributed by atoms with Crippen molar-refractivity contribution in [3.05, 3.63) is 30.1 Å². The van der Waals surface area contributed by atoms with E-state index in [1.165, 1.54) is 0 Å². The molecule has 0 aliphatic rings. The third kappa shape index (κ3) is 2.88. The van der Waals surface area contributed by atoms with Crippen molar-refractivity contribution in [3.63, 3.8) is 0 Å². The van der Waals surface area contributed by atoms with Crippen LogP contribution < -0.4 is 5.32 Å². The van der Waals surface area contributed by atoms with E-state index in [0.717, 1.165) is 42.3 Å². The first-order chi connectivity index (χ1) is 8.31. The van der Waals surface area contributed by atoms with Gasteiger partial charge in [0.05, 0.1) is 17.6 Å². The highest BCUT2D eigenvalue weighted by Crippen LogP contribution is 2.16. The number of hydrogen-bond acceptors (Lipinski definition) is 4. The lowest BCUT2D eigenvalue weighted by Crippen LogP contribution is -2.08. The minimum atomic E-state index is 0.875. The molecule has 5 heteroatoms. The van der Waals surface area contributed by atoms with E-state index in [1.807, 2.05) is 20.2 Å². The summed E-state index contributed by atoms with van der Waals surface area (Å²) < 4.78 is 0. The lowest BCUT2D eigenvalue weighted by molar-refractivity contribution is 0.707. The van der Waals surface area contributed by atoms with E-state index < -0.39 is 0 Å². The first-order valence-electron chi connectivity index (χ1n) is 5.77. The average Bonchev–Trinajstić information content (AvgIpc) is 2.79. The zero-order valence-corrected chi connectivity index (χ0v) is 10.2. The summed E-state index contributed by atoms with van der Waals surface area (Å²) in [4.78, 5) is 16.2. The molecule has 0 atom stereocenters. The molecule has 0 aliphatic carbocycles. The number of rotatable bonds is 5. The zero-order chi connectivity index (χ0) is 12.1. The highest BCUT2D eigenvalue weighted by Gasteiger charge is 2.07. The number of hydrogen-bond donors (Lipinski definition) is 2. The summed E-state index contributed by atoms with van der Waals surface area (Å²) >= 11 is 0. The molecular weight excluding hydrogens is 214 g/mol. The third-order valence-electron chi connectivity index (χ3n) is 2.61. The minimum absolute atomic E-state index is 0.875. The number of imidazole rings is 1. The van der Waals surface area contributed by atoms with Crippen molar-refractivity contribution in [1.82, 2.24) is 25.3 Å². The molecule has 5 nitrogen and oxygen atoms in total. The standard InChI is InChI=1S/C12H17N5/c1-9-12(15-7-6-14-9)10-8-16-11(17-10)4-3-5-13-2/h6-8,13H,3-5H2,1-2H3,(H,16,17). The molecule has 0 saturated heterocycles. The number of nitrogens with one attached hydrogen (secondary N) is 2. The van der Waals surface area contributed by atoms with E-state index in [2.05, 4.69) is 25.3 Å². The number of nitrogens with zero attached hydrogens (tertiary/aromatic N) is 3. The number of aromatic amines is 1. The van der Waals surface area contributed by atoms with E-state index >= 15 is 0 Å².